The van der Waals surface area contributed by atoms with Gasteiger partial charge in [0.25, 0.3) is 0 Å². The largest absolute Gasteiger partial charge is 0.347 e. The standard InChI is InChI=1S/C15H22BrN3O/c1-18(2)14(20)15(10-11-19(15)3)9-5-7-12-6-4-8-13(16)17-12/h4,6,8H,5,7,9-11H2,1-3H3. The molecule has 1 aromatic rings. The summed E-state index contributed by atoms with van der Waals surface area (Å²) in [4.78, 5) is 20.8. The van der Waals surface area contributed by atoms with Gasteiger partial charge in [0, 0.05) is 26.3 Å². The minimum Gasteiger partial charge on any atom is -0.347 e. The van der Waals surface area contributed by atoms with Crippen LogP contribution >= 0.6 is 15.9 Å². The number of likely N-dealkylation sites (N-methyl/N-ethyl adjacent to an activating group) is 2. The fourth-order valence-corrected chi connectivity index (χ4v) is 3.25. The van der Waals surface area contributed by atoms with Crippen LogP contribution in [0, 0.1) is 0 Å². The number of aromatic nitrogens is 1. The number of amides is 1. The number of pyridine rings is 1. The Morgan fingerprint density at radius 2 is 2.25 bits per heavy atom. The van der Waals surface area contributed by atoms with Gasteiger partial charge in [-0.2, -0.15) is 0 Å². The van der Waals surface area contributed by atoms with Crippen LogP contribution in [0.3, 0.4) is 0 Å². The third-order valence-electron chi connectivity index (χ3n) is 4.19. The first-order valence-electron chi connectivity index (χ1n) is 7.00. The lowest BCUT2D eigenvalue weighted by molar-refractivity contribution is -0.150. The van der Waals surface area contributed by atoms with Gasteiger partial charge in [-0.1, -0.05) is 6.07 Å². The highest BCUT2D eigenvalue weighted by molar-refractivity contribution is 9.10. The van der Waals surface area contributed by atoms with E-state index >= 15 is 0 Å². The van der Waals surface area contributed by atoms with Gasteiger partial charge in [0.1, 0.15) is 10.1 Å². The molecule has 1 fully saturated rings. The van der Waals surface area contributed by atoms with Crippen LogP contribution in [0.2, 0.25) is 0 Å². The molecule has 0 saturated carbocycles. The average Bonchev–Trinajstić information content (AvgIpc) is 2.41. The van der Waals surface area contributed by atoms with Crippen LogP contribution in [0.25, 0.3) is 0 Å². The number of halogens is 1. The summed E-state index contributed by atoms with van der Waals surface area (Å²) in [6, 6.07) is 5.97. The number of likely N-dealkylation sites (tertiary alicyclic amines) is 1. The van der Waals surface area contributed by atoms with Crippen LogP contribution in [0.5, 0.6) is 0 Å². The number of aryl methyl sites for hydroxylation is 1. The van der Waals surface area contributed by atoms with Crippen molar-refractivity contribution >= 4 is 21.8 Å². The molecule has 0 aliphatic carbocycles. The first-order chi connectivity index (χ1) is 9.45. The second-order valence-electron chi connectivity index (χ2n) is 5.71. The normalized spacial score (nSPS) is 22.4. The van der Waals surface area contributed by atoms with Gasteiger partial charge in [-0.15, -0.1) is 0 Å². The molecule has 0 aromatic carbocycles. The van der Waals surface area contributed by atoms with E-state index in [1.54, 1.807) is 4.90 Å². The maximum absolute atomic E-state index is 12.4. The van der Waals surface area contributed by atoms with Gasteiger partial charge in [0.2, 0.25) is 5.91 Å². The van der Waals surface area contributed by atoms with Crippen molar-refractivity contribution in [2.24, 2.45) is 0 Å². The van der Waals surface area contributed by atoms with Crippen LogP contribution in [0.1, 0.15) is 25.0 Å². The zero-order valence-electron chi connectivity index (χ0n) is 12.4. The second kappa shape index (κ2) is 6.22. The molecule has 0 N–H and O–H groups in total. The average molecular weight is 340 g/mol. The lowest BCUT2D eigenvalue weighted by atomic mass is 9.79. The Hall–Kier alpha value is -0.940. The Balaban J connectivity index is 1.95. The molecule has 2 heterocycles. The molecule has 4 nitrogen and oxygen atoms in total. The predicted octanol–water partition coefficient (Wildman–Crippen LogP) is 2.33. The summed E-state index contributed by atoms with van der Waals surface area (Å²) in [5, 5.41) is 0. The van der Waals surface area contributed by atoms with E-state index in [4.69, 9.17) is 0 Å². The fraction of sp³-hybridized carbons (Fsp3) is 0.600. The predicted molar refractivity (Wildman–Crippen MR) is 83.5 cm³/mol. The lowest BCUT2D eigenvalue weighted by Gasteiger charge is -2.50. The van der Waals surface area contributed by atoms with Gasteiger partial charge in [-0.25, -0.2) is 4.98 Å². The molecule has 0 spiro atoms. The Morgan fingerprint density at radius 3 is 2.75 bits per heavy atom. The van der Waals surface area contributed by atoms with Gasteiger partial charge in [-0.3, -0.25) is 9.69 Å². The molecule has 1 amide bonds. The fourth-order valence-electron chi connectivity index (χ4n) is 2.87. The number of hydrogen-bond donors (Lipinski definition) is 0. The SMILES string of the molecule is CN(C)C(=O)C1(CCCc2cccc(Br)n2)CCN1C. The molecule has 1 aliphatic rings. The lowest BCUT2D eigenvalue weighted by Crippen LogP contribution is -2.65. The molecule has 0 radical (unpaired) electrons. The van der Waals surface area contributed by atoms with E-state index in [1.807, 2.05) is 39.3 Å². The number of nitrogens with zero attached hydrogens (tertiary/aromatic N) is 3. The van der Waals surface area contributed by atoms with Crippen molar-refractivity contribution in [1.29, 1.82) is 0 Å². The van der Waals surface area contributed by atoms with Crippen LogP contribution in [0.4, 0.5) is 0 Å². The van der Waals surface area contributed by atoms with E-state index < -0.39 is 0 Å². The van der Waals surface area contributed by atoms with Crippen molar-refractivity contribution in [1.82, 2.24) is 14.8 Å². The van der Waals surface area contributed by atoms with E-state index in [2.05, 4.69) is 25.8 Å². The molecule has 0 bridgehead atoms. The van der Waals surface area contributed by atoms with Crippen molar-refractivity contribution < 1.29 is 4.79 Å². The van der Waals surface area contributed by atoms with Gasteiger partial charge in [0.05, 0.1) is 0 Å². The van der Waals surface area contributed by atoms with E-state index in [1.165, 1.54) is 0 Å². The topological polar surface area (TPSA) is 36.4 Å². The van der Waals surface area contributed by atoms with Crippen molar-refractivity contribution in [3.05, 3.63) is 28.5 Å². The minimum atomic E-state index is -0.282. The van der Waals surface area contributed by atoms with E-state index in [0.29, 0.717) is 0 Å². The molecule has 1 saturated heterocycles. The van der Waals surface area contributed by atoms with E-state index in [9.17, 15) is 4.79 Å². The quantitative estimate of drug-likeness (QED) is 0.772. The van der Waals surface area contributed by atoms with Gasteiger partial charge < -0.3 is 4.90 Å². The van der Waals surface area contributed by atoms with E-state index in [-0.39, 0.29) is 11.4 Å². The molecule has 110 valence electrons. The van der Waals surface area contributed by atoms with Crippen LogP contribution in [-0.2, 0) is 11.2 Å². The summed E-state index contributed by atoms with van der Waals surface area (Å²) in [6.07, 6.45) is 3.75. The van der Waals surface area contributed by atoms with E-state index in [0.717, 1.165) is 42.5 Å². The van der Waals surface area contributed by atoms with Gasteiger partial charge in [-0.05, 0) is 60.8 Å². The first-order valence-corrected chi connectivity index (χ1v) is 7.79. The molecule has 1 unspecified atom stereocenters. The van der Waals surface area contributed by atoms with Crippen LogP contribution in [0.15, 0.2) is 22.8 Å². The molecule has 5 heteroatoms. The van der Waals surface area contributed by atoms with Crippen molar-refractivity contribution in [2.45, 2.75) is 31.2 Å². The minimum absolute atomic E-state index is 0.230. The Morgan fingerprint density at radius 1 is 1.50 bits per heavy atom. The summed E-state index contributed by atoms with van der Waals surface area (Å²) in [5.41, 5.74) is 0.795. The van der Waals surface area contributed by atoms with Crippen LogP contribution in [-0.4, -0.2) is 53.9 Å². The molecule has 1 atom stereocenters. The molecule has 1 aromatic heterocycles. The van der Waals surface area contributed by atoms with Crippen molar-refractivity contribution in [3.63, 3.8) is 0 Å². The summed E-state index contributed by atoms with van der Waals surface area (Å²) in [7, 11) is 5.72. The summed E-state index contributed by atoms with van der Waals surface area (Å²) in [5.74, 6) is 0.230. The first kappa shape index (κ1) is 15.4. The highest BCUT2D eigenvalue weighted by Crippen LogP contribution is 2.35. The number of rotatable bonds is 5. The maximum Gasteiger partial charge on any atom is 0.242 e. The second-order valence-corrected chi connectivity index (χ2v) is 6.52. The summed E-state index contributed by atoms with van der Waals surface area (Å²) in [6.45, 7) is 1.01. The third-order valence-corrected chi connectivity index (χ3v) is 4.63. The molecule has 1 aliphatic heterocycles. The zero-order valence-corrected chi connectivity index (χ0v) is 14.0. The maximum atomic E-state index is 12.4. The molecule has 2 rings (SSSR count). The van der Waals surface area contributed by atoms with Crippen molar-refractivity contribution in [3.8, 4) is 0 Å². The number of hydrogen-bond acceptors (Lipinski definition) is 3. The third kappa shape index (κ3) is 3.04. The monoisotopic (exact) mass is 339 g/mol. The molecule has 20 heavy (non-hydrogen) atoms. The summed E-state index contributed by atoms with van der Waals surface area (Å²) >= 11 is 3.39. The van der Waals surface area contributed by atoms with Gasteiger partial charge >= 0.3 is 0 Å². The summed E-state index contributed by atoms with van der Waals surface area (Å²) < 4.78 is 0.870. The number of carbonyl (C=O) groups is 1. The molecular weight excluding hydrogens is 318 g/mol. The Labute approximate surface area is 129 Å². The Bertz CT molecular complexity index is 492. The smallest absolute Gasteiger partial charge is 0.242 e. The van der Waals surface area contributed by atoms with Crippen LogP contribution < -0.4 is 0 Å². The zero-order chi connectivity index (χ0) is 14.8. The van der Waals surface area contributed by atoms with Crippen molar-refractivity contribution in [2.75, 3.05) is 27.7 Å². The Kier molecular flexibility index (Phi) is 4.81. The number of carbonyl (C=O) groups excluding carboxylic acids is 1. The highest BCUT2D eigenvalue weighted by Gasteiger charge is 2.48. The highest BCUT2D eigenvalue weighted by atomic mass is 79.9. The molecular formula is C15H22BrN3O. The van der Waals surface area contributed by atoms with Gasteiger partial charge in [0.15, 0.2) is 0 Å².